The van der Waals surface area contributed by atoms with E-state index in [0.717, 1.165) is 16.2 Å². The number of non-ortho nitro benzene ring substituents is 1. The quantitative estimate of drug-likeness (QED) is 0.412. The number of nitrogens with one attached hydrogen (secondary N) is 1. The van der Waals surface area contributed by atoms with Crippen molar-refractivity contribution in [1.29, 1.82) is 0 Å². The third-order valence-electron chi connectivity index (χ3n) is 6.91. The second-order valence-corrected chi connectivity index (χ2v) is 9.21. The van der Waals surface area contributed by atoms with E-state index >= 15 is 0 Å². The number of morpholine rings is 1. The van der Waals surface area contributed by atoms with Gasteiger partial charge in [-0.25, -0.2) is 9.69 Å². The lowest BCUT2D eigenvalue weighted by molar-refractivity contribution is -0.384. The van der Waals surface area contributed by atoms with E-state index < -0.39 is 40.3 Å². The van der Waals surface area contributed by atoms with Crippen LogP contribution in [0.1, 0.15) is 25.0 Å². The van der Waals surface area contributed by atoms with Gasteiger partial charge in [-0.1, -0.05) is 12.1 Å². The molecule has 3 aliphatic heterocycles. The van der Waals surface area contributed by atoms with Crippen molar-refractivity contribution < 1.29 is 24.0 Å². The van der Waals surface area contributed by atoms with Crippen LogP contribution < -0.4 is 15.1 Å². The van der Waals surface area contributed by atoms with Gasteiger partial charge in [-0.05, 0) is 50.1 Å². The highest BCUT2D eigenvalue weighted by Gasteiger charge is 2.65. The first-order chi connectivity index (χ1) is 16.1. The highest BCUT2D eigenvalue weighted by atomic mass is 16.6. The third kappa shape index (κ3) is 3.09. The number of rotatable bonds is 2. The molecule has 10 nitrogen and oxygen atoms in total. The van der Waals surface area contributed by atoms with E-state index in [9.17, 15) is 24.5 Å². The number of carbonyl (C=O) groups is 3. The summed E-state index contributed by atoms with van der Waals surface area (Å²) in [5.41, 5.74) is 0.593. The van der Waals surface area contributed by atoms with Crippen molar-refractivity contribution in [2.75, 3.05) is 16.3 Å². The predicted octanol–water partition coefficient (Wildman–Crippen LogP) is 2.71. The van der Waals surface area contributed by atoms with Gasteiger partial charge in [0, 0.05) is 30.8 Å². The molecule has 0 aromatic heterocycles. The maximum Gasteiger partial charge on any atom is 0.335 e. The number of carbonyl (C=O) groups excluding carboxylic acids is 3. The molecule has 34 heavy (non-hydrogen) atoms. The standard InChI is InChI=1S/C24H24N4O6/c1-13-5-4-6-17(9-13)27-22(30)24(21(29)25-23(27)31)11-16-10-18(28(32)33)7-8-19(16)26-12-14(2)34-15(3)20(24)26/h4-10,14-15,20H,11-12H2,1-3H3,(H,25,29,31)/t14-,15+,20-,24+/m1/s1. The Bertz CT molecular complexity index is 1250. The number of benzene rings is 2. The minimum Gasteiger partial charge on any atom is -0.372 e. The number of imide groups is 2. The first-order valence-electron chi connectivity index (χ1n) is 11.1. The van der Waals surface area contributed by atoms with Crippen molar-refractivity contribution in [2.24, 2.45) is 5.41 Å². The van der Waals surface area contributed by atoms with Gasteiger partial charge in [-0.2, -0.15) is 0 Å². The minimum absolute atomic E-state index is 0.0898. The maximum absolute atomic E-state index is 14.2. The highest BCUT2D eigenvalue weighted by molar-refractivity contribution is 6.30. The van der Waals surface area contributed by atoms with Crippen molar-refractivity contribution in [3.63, 3.8) is 0 Å². The Balaban J connectivity index is 1.71. The number of ether oxygens (including phenoxy) is 1. The molecule has 0 saturated carbocycles. The molecule has 4 atom stereocenters. The lowest BCUT2D eigenvalue weighted by Crippen LogP contribution is -2.76. The summed E-state index contributed by atoms with van der Waals surface area (Å²) in [5.74, 6) is -1.38. The second kappa shape index (κ2) is 7.63. The largest absolute Gasteiger partial charge is 0.372 e. The first-order valence-corrected chi connectivity index (χ1v) is 11.1. The zero-order valence-corrected chi connectivity index (χ0v) is 19.0. The van der Waals surface area contributed by atoms with Crippen molar-refractivity contribution in [3.8, 4) is 0 Å². The van der Waals surface area contributed by atoms with Gasteiger partial charge in [-0.15, -0.1) is 0 Å². The Morgan fingerprint density at radius 3 is 2.62 bits per heavy atom. The molecular weight excluding hydrogens is 440 g/mol. The van der Waals surface area contributed by atoms with E-state index in [4.69, 9.17) is 4.74 Å². The number of hydrogen-bond acceptors (Lipinski definition) is 7. The lowest BCUT2D eigenvalue weighted by Gasteiger charge is -2.56. The number of nitro groups is 1. The molecule has 1 spiro atoms. The van der Waals surface area contributed by atoms with E-state index in [0.29, 0.717) is 17.8 Å². The molecule has 0 bridgehead atoms. The Hall–Kier alpha value is -3.79. The number of anilines is 2. The fourth-order valence-electron chi connectivity index (χ4n) is 5.63. The number of nitrogens with zero attached hydrogens (tertiary/aromatic N) is 3. The molecular formula is C24H24N4O6. The number of urea groups is 1. The third-order valence-corrected chi connectivity index (χ3v) is 6.91. The highest BCUT2D eigenvalue weighted by Crippen LogP contribution is 2.48. The maximum atomic E-state index is 14.2. The first kappa shape index (κ1) is 22.0. The fourth-order valence-corrected chi connectivity index (χ4v) is 5.63. The Morgan fingerprint density at radius 2 is 1.91 bits per heavy atom. The van der Waals surface area contributed by atoms with Crippen LogP contribution in [0.3, 0.4) is 0 Å². The van der Waals surface area contributed by atoms with E-state index in [1.165, 1.54) is 12.1 Å². The molecule has 2 aromatic carbocycles. The zero-order chi connectivity index (χ0) is 24.4. The van der Waals surface area contributed by atoms with Crippen LogP contribution >= 0.6 is 0 Å². The summed E-state index contributed by atoms with van der Waals surface area (Å²) < 4.78 is 6.06. The second-order valence-electron chi connectivity index (χ2n) is 9.21. The van der Waals surface area contributed by atoms with Gasteiger partial charge < -0.3 is 9.64 Å². The summed E-state index contributed by atoms with van der Waals surface area (Å²) >= 11 is 0. The number of barbiturate groups is 1. The van der Waals surface area contributed by atoms with Crippen molar-refractivity contribution in [1.82, 2.24) is 5.32 Å². The van der Waals surface area contributed by atoms with Crippen molar-refractivity contribution in [2.45, 2.75) is 45.4 Å². The molecule has 10 heteroatoms. The topological polar surface area (TPSA) is 122 Å². The minimum atomic E-state index is -1.71. The molecule has 5 rings (SSSR count). The summed E-state index contributed by atoms with van der Waals surface area (Å²) in [6, 6.07) is 9.87. The van der Waals surface area contributed by atoms with Crippen LogP contribution in [0.4, 0.5) is 21.9 Å². The Labute approximate surface area is 195 Å². The van der Waals surface area contributed by atoms with Crippen LogP contribution in [-0.4, -0.2) is 47.6 Å². The average molecular weight is 464 g/mol. The molecule has 4 amide bonds. The van der Waals surface area contributed by atoms with Crippen molar-refractivity contribution in [3.05, 3.63) is 63.7 Å². The Kier molecular flexibility index (Phi) is 4.94. The fraction of sp³-hybridized carbons (Fsp3) is 0.375. The van der Waals surface area contributed by atoms with Crippen molar-refractivity contribution >= 4 is 34.9 Å². The number of amides is 4. The summed E-state index contributed by atoms with van der Waals surface area (Å²) in [4.78, 5) is 54.5. The molecule has 0 unspecified atom stereocenters. The SMILES string of the molecule is Cc1cccc(N2C(=O)NC(=O)[C@@]3(Cc4cc([N+](=O)[O-])ccc4N4C[C@@H](C)O[C@@H](C)[C@@H]43)C2=O)c1. The van der Waals surface area contributed by atoms with Crippen LogP contribution in [0.25, 0.3) is 0 Å². The van der Waals surface area contributed by atoms with E-state index in [2.05, 4.69) is 5.32 Å². The molecule has 2 fully saturated rings. The molecule has 3 aliphatic rings. The molecule has 0 aliphatic carbocycles. The van der Waals surface area contributed by atoms with E-state index in [-0.39, 0.29) is 18.2 Å². The van der Waals surface area contributed by atoms with Gasteiger partial charge in [0.05, 0.1) is 28.9 Å². The summed E-state index contributed by atoms with van der Waals surface area (Å²) in [6.07, 6.45) is -0.803. The zero-order valence-electron chi connectivity index (χ0n) is 19.0. The lowest BCUT2D eigenvalue weighted by atomic mass is 9.66. The summed E-state index contributed by atoms with van der Waals surface area (Å²) in [6.45, 7) is 5.93. The van der Waals surface area contributed by atoms with Gasteiger partial charge in [0.1, 0.15) is 0 Å². The van der Waals surface area contributed by atoms with Crippen LogP contribution in [0.5, 0.6) is 0 Å². The smallest absolute Gasteiger partial charge is 0.335 e. The van der Waals surface area contributed by atoms with Gasteiger partial charge in [-0.3, -0.25) is 25.0 Å². The number of nitro benzene ring substituents is 1. The molecule has 1 N–H and O–H groups in total. The van der Waals surface area contributed by atoms with E-state index in [1.807, 2.05) is 24.8 Å². The average Bonchev–Trinajstić information content (AvgIpc) is 2.77. The molecule has 0 radical (unpaired) electrons. The van der Waals surface area contributed by atoms with Gasteiger partial charge in [0.25, 0.3) is 11.6 Å². The predicted molar refractivity (Wildman–Crippen MR) is 123 cm³/mol. The molecule has 3 heterocycles. The Morgan fingerprint density at radius 1 is 1.15 bits per heavy atom. The van der Waals surface area contributed by atoms with E-state index in [1.54, 1.807) is 31.2 Å². The molecule has 176 valence electrons. The summed E-state index contributed by atoms with van der Waals surface area (Å²) in [7, 11) is 0. The number of hydrogen-bond donors (Lipinski definition) is 1. The van der Waals surface area contributed by atoms with Crippen LogP contribution in [0.2, 0.25) is 0 Å². The summed E-state index contributed by atoms with van der Waals surface area (Å²) in [5, 5.41) is 13.8. The van der Waals surface area contributed by atoms with Gasteiger partial charge in [0.15, 0.2) is 5.41 Å². The molecule has 2 aromatic rings. The van der Waals surface area contributed by atoms with Crippen LogP contribution in [0, 0.1) is 22.5 Å². The number of fused-ring (bicyclic) bond motifs is 4. The normalized spacial score (nSPS) is 28.4. The van der Waals surface area contributed by atoms with Crippen LogP contribution in [0.15, 0.2) is 42.5 Å². The van der Waals surface area contributed by atoms with Gasteiger partial charge in [0.2, 0.25) is 5.91 Å². The van der Waals surface area contributed by atoms with Crippen LogP contribution in [-0.2, 0) is 20.7 Å². The number of aryl methyl sites for hydroxylation is 1. The molecule has 2 saturated heterocycles. The monoisotopic (exact) mass is 464 g/mol. The van der Waals surface area contributed by atoms with Gasteiger partial charge >= 0.3 is 6.03 Å².